The molecule has 4 N–H and O–H groups in total. The summed E-state index contributed by atoms with van der Waals surface area (Å²) in [5.74, 6) is 0.408. The van der Waals surface area contributed by atoms with Crippen LogP contribution in [0.1, 0.15) is 51.4 Å². The summed E-state index contributed by atoms with van der Waals surface area (Å²) in [5, 5.41) is 12.5. The molecule has 0 aromatic rings. The van der Waals surface area contributed by atoms with Gasteiger partial charge in [0.05, 0.1) is 6.10 Å². The lowest BCUT2D eigenvalue weighted by Gasteiger charge is -2.32. The standard InChI is InChI=1S/C13H24N2O2/c14-13(6-2-1-3-7-13)8-12(17)15-9-11(16)10-4-5-10/h10-11,16H,1-9,14H2,(H,15,17). The molecule has 0 radical (unpaired) electrons. The highest BCUT2D eigenvalue weighted by atomic mass is 16.3. The number of hydrogen-bond acceptors (Lipinski definition) is 3. The summed E-state index contributed by atoms with van der Waals surface area (Å²) in [6.07, 6.45) is 7.64. The highest BCUT2D eigenvalue weighted by Crippen LogP contribution is 2.32. The van der Waals surface area contributed by atoms with Crippen LogP contribution in [0.3, 0.4) is 0 Å². The second-order valence-corrected chi connectivity index (χ2v) is 5.81. The molecular formula is C13H24N2O2. The van der Waals surface area contributed by atoms with E-state index < -0.39 is 0 Å². The molecule has 1 amide bonds. The highest BCUT2D eigenvalue weighted by Gasteiger charge is 2.32. The van der Waals surface area contributed by atoms with Crippen molar-refractivity contribution in [2.45, 2.75) is 63.0 Å². The van der Waals surface area contributed by atoms with Gasteiger partial charge >= 0.3 is 0 Å². The minimum atomic E-state index is -0.362. The smallest absolute Gasteiger partial charge is 0.221 e. The van der Waals surface area contributed by atoms with Crippen LogP contribution in [-0.2, 0) is 4.79 Å². The molecule has 1 atom stereocenters. The van der Waals surface area contributed by atoms with Crippen molar-refractivity contribution in [1.29, 1.82) is 0 Å². The van der Waals surface area contributed by atoms with Crippen LogP contribution >= 0.6 is 0 Å². The molecule has 0 saturated heterocycles. The zero-order valence-electron chi connectivity index (χ0n) is 10.5. The van der Waals surface area contributed by atoms with E-state index in [2.05, 4.69) is 5.32 Å². The van der Waals surface area contributed by atoms with Crippen LogP contribution in [0, 0.1) is 5.92 Å². The van der Waals surface area contributed by atoms with Gasteiger partial charge in [0.25, 0.3) is 0 Å². The van der Waals surface area contributed by atoms with Crippen LogP contribution in [0.2, 0.25) is 0 Å². The first kappa shape index (κ1) is 12.8. The Labute approximate surface area is 103 Å². The number of carbonyl (C=O) groups is 1. The summed E-state index contributed by atoms with van der Waals surface area (Å²) in [5.41, 5.74) is 5.92. The normalized spacial score (nSPS) is 25.3. The van der Waals surface area contributed by atoms with Crippen molar-refractivity contribution in [1.82, 2.24) is 5.32 Å². The third kappa shape index (κ3) is 3.96. The lowest BCUT2D eigenvalue weighted by atomic mass is 9.80. The van der Waals surface area contributed by atoms with Gasteiger partial charge in [-0.1, -0.05) is 19.3 Å². The molecule has 2 rings (SSSR count). The molecule has 0 aliphatic heterocycles. The number of hydrogen-bond donors (Lipinski definition) is 3. The number of nitrogens with two attached hydrogens (primary N) is 1. The molecule has 0 heterocycles. The van der Waals surface area contributed by atoms with E-state index in [0.29, 0.717) is 18.9 Å². The van der Waals surface area contributed by atoms with Gasteiger partial charge in [0, 0.05) is 18.5 Å². The Bertz CT molecular complexity index is 271. The Balaban J connectivity index is 1.68. The van der Waals surface area contributed by atoms with Crippen molar-refractivity contribution >= 4 is 5.91 Å². The zero-order valence-corrected chi connectivity index (χ0v) is 10.5. The molecule has 2 aliphatic rings. The van der Waals surface area contributed by atoms with Crippen molar-refractivity contribution in [3.63, 3.8) is 0 Å². The molecule has 2 saturated carbocycles. The Hall–Kier alpha value is -0.610. The third-order valence-electron chi connectivity index (χ3n) is 4.04. The van der Waals surface area contributed by atoms with Gasteiger partial charge in [0.1, 0.15) is 0 Å². The molecule has 4 heteroatoms. The van der Waals surface area contributed by atoms with Gasteiger partial charge in [-0.2, -0.15) is 0 Å². The van der Waals surface area contributed by atoms with Gasteiger partial charge in [0.2, 0.25) is 5.91 Å². The predicted octanol–water partition coefficient (Wildman–Crippen LogP) is 0.925. The van der Waals surface area contributed by atoms with E-state index in [1.807, 2.05) is 0 Å². The van der Waals surface area contributed by atoms with E-state index in [1.54, 1.807) is 0 Å². The molecule has 4 nitrogen and oxygen atoms in total. The van der Waals surface area contributed by atoms with Gasteiger partial charge in [-0.3, -0.25) is 4.79 Å². The maximum absolute atomic E-state index is 11.8. The van der Waals surface area contributed by atoms with Crippen molar-refractivity contribution in [2.24, 2.45) is 11.7 Å². The van der Waals surface area contributed by atoms with Gasteiger partial charge in [0.15, 0.2) is 0 Å². The second-order valence-electron chi connectivity index (χ2n) is 5.81. The second kappa shape index (κ2) is 5.36. The fourth-order valence-corrected chi connectivity index (χ4v) is 2.68. The molecule has 2 aliphatic carbocycles. The topological polar surface area (TPSA) is 75.4 Å². The first-order valence-electron chi connectivity index (χ1n) is 6.83. The number of amides is 1. The van der Waals surface area contributed by atoms with E-state index in [-0.39, 0.29) is 17.6 Å². The molecule has 1 unspecified atom stereocenters. The maximum Gasteiger partial charge on any atom is 0.221 e. The predicted molar refractivity (Wildman–Crippen MR) is 66.4 cm³/mol. The van der Waals surface area contributed by atoms with E-state index >= 15 is 0 Å². The Morgan fingerprint density at radius 3 is 2.59 bits per heavy atom. The van der Waals surface area contributed by atoms with Crippen LogP contribution in [0.25, 0.3) is 0 Å². The molecule has 98 valence electrons. The van der Waals surface area contributed by atoms with Crippen LogP contribution in [-0.4, -0.2) is 29.2 Å². The van der Waals surface area contributed by atoms with Crippen molar-refractivity contribution in [3.8, 4) is 0 Å². The molecule has 0 aromatic heterocycles. The molecule has 17 heavy (non-hydrogen) atoms. The number of rotatable bonds is 5. The van der Waals surface area contributed by atoms with Crippen LogP contribution in [0.4, 0.5) is 0 Å². The van der Waals surface area contributed by atoms with Gasteiger partial charge in [-0.25, -0.2) is 0 Å². The first-order chi connectivity index (χ1) is 8.09. The van der Waals surface area contributed by atoms with Crippen LogP contribution in [0.15, 0.2) is 0 Å². The summed E-state index contributed by atoms with van der Waals surface area (Å²) >= 11 is 0. The first-order valence-corrected chi connectivity index (χ1v) is 6.83. The van der Waals surface area contributed by atoms with Gasteiger partial charge < -0.3 is 16.2 Å². The fourth-order valence-electron chi connectivity index (χ4n) is 2.68. The van der Waals surface area contributed by atoms with Crippen molar-refractivity contribution in [2.75, 3.05) is 6.54 Å². The number of aliphatic hydroxyl groups is 1. The molecule has 0 spiro atoms. The molecule has 0 aromatic carbocycles. The average molecular weight is 240 g/mol. The Morgan fingerprint density at radius 2 is 2.00 bits per heavy atom. The molecular weight excluding hydrogens is 216 g/mol. The SMILES string of the molecule is NC1(CC(=O)NCC(O)C2CC2)CCCCC1. The summed E-state index contributed by atoms with van der Waals surface area (Å²) in [6, 6.07) is 0. The lowest BCUT2D eigenvalue weighted by molar-refractivity contribution is -0.123. The Kier molecular flexibility index (Phi) is 4.05. The average Bonchev–Trinajstić information content (AvgIpc) is 3.10. The van der Waals surface area contributed by atoms with Crippen LogP contribution in [0.5, 0.6) is 0 Å². The summed E-state index contributed by atoms with van der Waals surface area (Å²) in [7, 11) is 0. The van der Waals surface area contributed by atoms with E-state index in [0.717, 1.165) is 38.5 Å². The van der Waals surface area contributed by atoms with E-state index in [1.165, 1.54) is 6.42 Å². The van der Waals surface area contributed by atoms with E-state index in [9.17, 15) is 9.90 Å². The van der Waals surface area contributed by atoms with Gasteiger partial charge in [-0.15, -0.1) is 0 Å². The van der Waals surface area contributed by atoms with Crippen LogP contribution < -0.4 is 11.1 Å². The minimum Gasteiger partial charge on any atom is -0.391 e. The Morgan fingerprint density at radius 1 is 1.35 bits per heavy atom. The summed E-state index contributed by atoms with van der Waals surface area (Å²) < 4.78 is 0. The zero-order chi connectivity index (χ0) is 12.3. The van der Waals surface area contributed by atoms with Crippen molar-refractivity contribution < 1.29 is 9.90 Å². The molecule has 0 bridgehead atoms. The maximum atomic E-state index is 11.8. The van der Waals surface area contributed by atoms with Crippen molar-refractivity contribution in [3.05, 3.63) is 0 Å². The highest BCUT2D eigenvalue weighted by molar-refractivity contribution is 5.77. The third-order valence-corrected chi connectivity index (χ3v) is 4.04. The summed E-state index contributed by atoms with van der Waals surface area (Å²) in [6.45, 7) is 0.388. The van der Waals surface area contributed by atoms with E-state index in [4.69, 9.17) is 5.73 Å². The monoisotopic (exact) mass is 240 g/mol. The summed E-state index contributed by atoms with van der Waals surface area (Å²) in [4.78, 5) is 11.8. The fraction of sp³-hybridized carbons (Fsp3) is 0.923. The molecule has 2 fully saturated rings. The number of nitrogens with one attached hydrogen (secondary N) is 1. The number of aliphatic hydroxyl groups excluding tert-OH is 1. The van der Waals surface area contributed by atoms with Gasteiger partial charge in [-0.05, 0) is 31.6 Å². The largest absolute Gasteiger partial charge is 0.391 e. The quantitative estimate of drug-likeness (QED) is 0.669. The minimum absolute atomic E-state index is 0.00546. The number of carbonyl (C=O) groups excluding carboxylic acids is 1. The lowest BCUT2D eigenvalue weighted by Crippen LogP contribution is -2.47.